The molecule has 2 N–H and O–H groups in total. The molecule has 8 heteroatoms. The molecule has 0 bridgehead atoms. The van der Waals surface area contributed by atoms with Crippen LogP contribution >= 0.6 is 11.8 Å². The van der Waals surface area contributed by atoms with Gasteiger partial charge in [-0.15, -0.1) is 0 Å². The van der Waals surface area contributed by atoms with Crippen molar-refractivity contribution in [3.8, 4) is 0 Å². The van der Waals surface area contributed by atoms with Crippen molar-refractivity contribution in [3.05, 3.63) is 54.2 Å². The van der Waals surface area contributed by atoms with Gasteiger partial charge >= 0.3 is 0 Å². The summed E-state index contributed by atoms with van der Waals surface area (Å²) in [5.41, 5.74) is 1.81. The normalized spacial score (nSPS) is 11.4. The summed E-state index contributed by atoms with van der Waals surface area (Å²) in [4.78, 5) is 21.8. The summed E-state index contributed by atoms with van der Waals surface area (Å²) in [6.45, 7) is 6.17. The van der Waals surface area contributed by atoms with Crippen LogP contribution in [0.25, 0.3) is 21.8 Å². The molecule has 0 aliphatic heterocycles. The number of hydrogen-bond acceptors (Lipinski definition) is 6. The molecule has 0 radical (unpaired) electrons. The average Bonchev–Trinajstić information content (AvgIpc) is 3.20. The molecule has 0 atom stereocenters. The first-order valence-corrected chi connectivity index (χ1v) is 12.0. The molecule has 2 heterocycles. The number of aromatic nitrogens is 4. The molecule has 2 aromatic carbocycles. The molecule has 0 fully saturated rings. The van der Waals surface area contributed by atoms with Gasteiger partial charge in [-0.05, 0) is 28.5 Å². The van der Waals surface area contributed by atoms with Crippen LogP contribution in [0.3, 0.4) is 0 Å². The van der Waals surface area contributed by atoms with Gasteiger partial charge < -0.3 is 10.6 Å². The van der Waals surface area contributed by atoms with E-state index in [4.69, 9.17) is 0 Å². The van der Waals surface area contributed by atoms with E-state index < -0.39 is 0 Å². The Morgan fingerprint density at radius 3 is 2.72 bits per heavy atom. The Labute approximate surface area is 192 Å². The van der Waals surface area contributed by atoms with E-state index in [9.17, 15) is 4.79 Å². The van der Waals surface area contributed by atoms with Crippen molar-refractivity contribution in [3.63, 3.8) is 0 Å². The number of nitrogens with one attached hydrogen (secondary N) is 2. The van der Waals surface area contributed by atoms with Gasteiger partial charge in [0.2, 0.25) is 5.91 Å². The number of thioether (sulfide) groups is 1. The summed E-state index contributed by atoms with van der Waals surface area (Å²) < 4.78 is 1.83. The quantitative estimate of drug-likeness (QED) is 0.296. The van der Waals surface area contributed by atoms with E-state index in [1.54, 1.807) is 6.20 Å². The first kappa shape index (κ1) is 22.1. The van der Waals surface area contributed by atoms with E-state index in [1.165, 1.54) is 11.8 Å². The second-order valence-electron chi connectivity index (χ2n) is 8.10. The van der Waals surface area contributed by atoms with Crippen LogP contribution < -0.4 is 10.6 Å². The fourth-order valence-corrected chi connectivity index (χ4v) is 3.97. The van der Waals surface area contributed by atoms with Crippen LogP contribution in [0.5, 0.6) is 0 Å². The summed E-state index contributed by atoms with van der Waals surface area (Å²) in [6.07, 6.45) is 4.10. The molecule has 2 aromatic heterocycles. The minimum atomic E-state index is -0.00321. The van der Waals surface area contributed by atoms with Crippen LogP contribution in [0.2, 0.25) is 0 Å². The van der Waals surface area contributed by atoms with Gasteiger partial charge in [-0.3, -0.25) is 4.79 Å². The first-order chi connectivity index (χ1) is 15.5. The average molecular weight is 449 g/mol. The summed E-state index contributed by atoms with van der Waals surface area (Å²) in [5, 5.41) is 14.8. The number of rotatable bonds is 9. The van der Waals surface area contributed by atoms with E-state index in [0.29, 0.717) is 30.6 Å². The number of carbonyl (C=O) groups excluding carboxylic acids is 1. The smallest absolute Gasteiger partial charge is 0.224 e. The Balaban J connectivity index is 1.42. The molecule has 0 saturated carbocycles. The topological polar surface area (TPSA) is 84.7 Å². The zero-order valence-corrected chi connectivity index (χ0v) is 19.4. The number of anilines is 1. The van der Waals surface area contributed by atoms with E-state index in [0.717, 1.165) is 39.7 Å². The first-order valence-electron chi connectivity index (χ1n) is 10.8. The summed E-state index contributed by atoms with van der Waals surface area (Å²) in [6, 6.07) is 14.2. The van der Waals surface area contributed by atoms with Gasteiger partial charge in [-0.25, -0.2) is 14.6 Å². The van der Waals surface area contributed by atoms with Gasteiger partial charge in [0.05, 0.1) is 24.5 Å². The third kappa shape index (κ3) is 5.02. The molecule has 0 saturated heterocycles. The molecule has 0 aliphatic rings. The third-order valence-corrected chi connectivity index (χ3v) is 5.76. The van der Waals surface area contributed by atoms with Crippen LogP contribution in [-0.2, 0) is 17.8 Å². The fourth-order valence-electron chi connectivity index (χ4n) is 3.61. The Morgan fingerprint density at radius 2 is 1.91 bits per heavy atom. The molecule has 0 spiro atoms. The predicted molar refractivity (Wildman–Crippen MR) is 131 cm³/mol. The zero-order chi connectivity index (χ0) is 22.5. The highest BCUT2D eigenvalue weighted by atomic mass is 32.2. The SMILES string of the molecule is CSc1nc(NCC(C)C)c2cnn(CCNC(=O)Cc3cccc4ccccc34)c2n1. The van der Waals surface area contributed by atoms with Gasteiger partial charge in [-0.2, -0.15) is 5.10 Å². The molecule has 7 nitrogen and oxygen atoms in total. The summed E-state index contributed by atoms with van der Waals surface area (Å²) >= 11 is 1.50. The second kappa shape index (κ2) is 9.99. The lowest BCUT2D eigenvalue weighted by Crippen LogP contribution is -2.29. The van der Waals surface area contributed by atoms with Gasteiger partial charge in [0.15, 0.2) is 10.8 Å². The van der Waals surface area contributed by atoms with E-state index >= 15 is 0 Å². The van der Waals surface area contributed by atoms with E-state index in [2.05, 4.69) is 57.7 Å². The number of benzene rings is 2. The second-order valence-corrected chi connectivity index (χ2v) is 8.88. The van der Waals surface area contributed by atoms with Crippen LogP contribution in [0, 0.1) is 5.92 Å². The highest BCUT2D eigenvalue weighted by molar-refractivity contribution is 7.98. The van der Waals surface area contributed by atoms with Gasteiger partial charge in [0.1, 0.15) is 5.82 Å². The zero-order valence-electron chi connectivity index (χ0n) is 18.6. The Kier molecular flexibility index (Phi) is 6.90. The highest BCUT2D eigenvalue weighted by Gasteiger charge is 2.13. The number of carbonyl (C=O) groups is 1. The maximum atomic E-state index is 12.6. The van der Waals surface area contributed by atoms with Gasteiger partial charge in [-0.1, -0.05) is 68.1 Å². The van der Waals surface area contributed by atoms with Crippen molar-refractivity contribution in [2.24, 2.45) is 5.92 Å². The van der Waals surface area contributed by atoms with Crippen molar-refractivity contribution in [1.82, 2.24) is 25.1 Å². The lowest BCUT2D eigenvalue weighted by atomic mass is 10.0. The van der Waals surface area contributed by atoms with Crippen LogP contribution in [0.4, 0.5) is 5.82 Å². The number of amides is 1. The molecule has 0 unspecified atom stereocenters. The Hall–Kier alpha value is -3.13. The lowest BCUT2D eigenvalue weighted by molar-refractivity contribution is -0.120. The largest absolute Gasteiger partial charge is 0.369 e. The summed E-state index contributed by atoms with van der Waals surface area (Å²) in [7, 11) is 0. The molecule has 32 heavy (non-hydrogen) atoms. The predicted octanol–water partition coefficient (Wildman–Crippen LogP) is 4.13. The molecular weight excluding hydrogens is 420 g/mol. The van der Waals surface area contributed by atoms with Gasteiger partial charge in [0, 0.05) is 13.1 Å². The fraction of sp³-hybridized carbons (Fsp3) is 0.333. The lowest BCUT2D eigenvalue weighted by Gasteiger charge is -2.11. The van der Waals surface area contributed by atoms with Crippen LogP contribution in [0.1, 0.15) is 19.4 Å². The van der Waals surface area contributed by atoms with Crippen molar-refractivity contribution >= 4 is 45.3 Å². The van der Waals surface area contributed by atoms with Crippen molar-refractivity contribution in [2.45, 2.75) is 32.0 Å². The van der Waals surface area contributed by atoms with Crippen molar-refractivity contribution in [2.75, 3.05) is 24.7 Å². The minimum absolute atomic E-state index is 0.00321. The van der Waals surface area contributed by atoms with E-state index in [1.807, 2.05) is 35.2 Å². The molecule has 1 amide bonds. The monoisotopic (exact) mass is 448 g/mol. The maximum absolute atomic E-state index is 12.6. The molecule has 4 aromatic rings. The highest BCUT2D eigenvalue weighted by Crippen LogP contribution is 2.23. The number of nitrogens with zero attached hydrogens (tertiary/aromatic N) is 4. The third-order valence-electron chi connectivity index (χ3n) is 5.21. The molecule has 4 rings (SSSR count). The van der Waals surface area contributed by atoms with Crippen LogP contribution in [0.15, 0.2) is 53.8 Å². The van der Waals surface area contributed by atoms with E-state index in [-0.39, 0.29) is 5.91 Å². The minimum Gasteiger partial charge on any atom is -0.369 e. The summed E-state index contributed by atoms with van der Waals surface area (Å²) in [5.74, 6) is 1.31. The number of hydrogen-bond donors (Lipinski definition) is 2. The van der Waals surface area contributed by atoms with Crippen molar-refractivity contribution < 1.29 is 4.79 Å². The molecule has 0 aliphatic carbocycles. The number of fused-ring (bicyclic) bond motifs is 2. The Bertz CT molecular complexity index is 1230. The standard InChI is InChI=1S/C24H28N6OS/c1-16(2)14-26-22-20-15-27-30(23(20)29-24(28-22)32-3)12-11-25-21(31)13-18-9-6-8-17-7-4-5-10-19(17)18/h4-10,15-16H,11-14H2,1-3H3,(H,25,31)(H,26,28,29). The Morgan fingerprint density at radius 1 is 1.09 bits per heavy atom. The van der Waals surface area contributed by atoms with Gasteiger partial charge in [0.25, 0.3) is 0 Å². The molecule has 166 valence electrons. The van der Waals surface area contributed by atoms with Crippen molar-refractivity contribution in [1.29, 1.82) is 0 Å². The maximum Gasteiger partial charge on any atom is 0.224 e. The van der Waals surface area contributed by atoms with Crippen LogP contribution in [-0.4, -0.2) is 45.0 Å². The molecular formula is C24H28N6OS.